The van der Waals surface area contributed by atoms with Crippen molar-refractivity contribution in [1.29, 1.82) is 0 Å². The minimum atomic E-state index is 0.513. The van der Waals surface area contributed by atoms with Gasteiger partial charge in [0, 0.05) is 37.3 Å². The summed E-state index contributed by atoms with van der Waals surface area (Å²) in [6.45, 7) is 10.3. The monoisotopic (exact) mass is 267 g/mol. The lowest BCUT2D eigenvalue weighted by Crippen LogP contribution is -2.53. The van der Waals surface area contributed by atoms with Crippen molar-refractivity contribution in [2.75, 3.05) is 19.6 Å². The first-order valence-electron chi connectivity index (χ1n) is 7.13. The number of nitrogens with zero attached hydrogens (tertiary/aromatic N) is 2. The quantitative estimate of drug-likeness (QED) is 0.889. The molecule has 0 radical (unpaired) electrons. The molecule has 0 aromatic carbocycles. The molecular formula is C14H25N3S. The lowest BCUT2D eigenvalue weighted by atomic mass is 9.96. The fourth-order valence-electron chi connectivity index (χ4n) is 2.74. The van der Waals surface area contributed by atoms with E-state index in [2.05, 4.69) is 41.4 Å². The third-order valence-corrected chi connectivity index (χ3v) is 5.01. The lowest BCUT2D eigenvalue weighted by molar-refractivity contribution is 0.119. The normalized spacial score (nSPS) is 24.9. The summed E-state index contributed by atoms with van der Waals surface area (Å²) in [6.07, 6.45) is 4.33. The van der Waals surface area contributed by atoms with Gasteiger partial charge in [-0.15, -0.1) is 11.3 Å². The number of hydrogen-bond acceptors (Lipinski definition) is 4. The van der Waals surface area contributed by atoms with Gasteiger partial charge in [0.2, 0.25) is 0 Å². The largest absolute Gasteiger partial charge is 0.311 e. The Morgan fingerprint density at radius 2 is 2.33 bits per heavy atom. The summed E-state index contributed by atoms with van der Waals surface area (Å²) in [5, 5.41) is 7.03. The van der Waals surface area contributed by atoms with Crippen LogP contribution >= 0.6 is 11.3 Å². The number of rotatable bonds is 5. The van der Waals surface area contributed by atoms with E-state index in [1.165, 1.54) is 11.4 Å². The molecule has 2 heterocycles. The highest BCUT2D eigenvalue weighted by atomic mass is 32.1. The van der Waals surface area contributed by atoms with Crippen LogP contribution in [0, 0.1) is 5.92 Å². The molecule has 18 heavy (non-hydrogen) atoms. The smallest absolute Gasteiger partial charge is 0.110 e. The van der Waals surface area contributed by atoms with Crippen LogP contribution in [0.3, 0.4) is 0 Å². The van der Waals surface area contributed by atoms with Gasteiger partial charge in [0.25, 0.3) is 0 Å². The third kappa shape index (κ3) is 3.11. The first-order valence-corrected chi connectivity index (χ1v) is 8.01. The SMILES string of the molecule is CCC(C)C1CN(C(CC)c2nccs2)CCN1. The summed E-state index contributed by atoms with van der Waals surface area (Å²) in [6, 6.07) is 1.15. The van der Waals surface area contributed by atoms with Gasteiger partial charge in [-0.05, 0) is 12.3 Å². The molecule has 0 spiro atoms. The molecule has 3 unspecified atom stereocenters. The molecule has 3 nitrogen and oxygen atoms in total. The fraction of sp³-hybridized carbons (Fsp3) is 0.786. The van der Waals surface area contributed by atoms with Gasteiger partial charge in [0.05, 0.1) is 6.04 Å². The molecule has 2 rings (SSSR count). The first-order chi connectivity index (χ1) is 8.76. The van der Waals surface area contributed by atoms with Gasteiger partial charge >= 0.3 is 0 Å². The van der Waals surface area contributed by atoms with Crippen LogP contribution in [-0.4, -0.2) is 35.6 Å². The molecule has 1 aromatic rings. The average molecular weight is 267 g/mol. The highest BCUT2D eigenvalue weighted by Gasteiger charge is 2.28. The second-order valence-electron chi connectivity index (χ2n) is 5.24. The van der Waals surface area contributed by atoms with Crippen LogP contribution in [-0.2, 0) is 0 Å². The summed E-state index contributed by atoms with van der Waals surface area (Å²) in [7, 11) is 0. The maximum absolute atomic E-state index is 4.51. The Kier molecular flexibility index (Phi) is 5.15. The molecule has 1 N–H and O–H groups in total. The molecule has 1 aromatic heterocycles. The van der Waals surface area contributed by atoms with Gasteiger partial charge < -0.3 is 5.32 Å². The van der Waals surface area contributed by atoms with Crippen LogP contribution < -0.4 is 5.32 Å². The second kappa shape index (κ2) is 6.64. The van der Waals surface area contributed by atoms with Crippen molar-refractivity contribution in [2.24, 2.45) is 5.92 Å². The molecule has 1 saturated heterocycles. The molecule has 0 bridgehead atoms. The predicted octanol–water partition coefficient (Wildman–Crippen LogP) is 2.91. The van der Waals surface area contributed by atoms with Crippen LogP contribution in [0.25, 0.3) is 0 Å². The molecule has 3 atom stereocenters. The Hall–Kier alpha value is -0.450. The van der Waals surface area contributed by atoms with Gasteiger partial charge in [-0.25, -0.2) is 4.98 Å². The van der Waals surface area contributed by atoms with E-state index in [0.29, 0.717) is 12.1 Å². The zero-order valence-electron chi connectivity index (χ0n) is 11.7. The van der Waals surface area contributed by atoms with Crippen LogP contribution in [0.5, 0.6) is 0 Å². The molecule has 1 fully saturated rings. The topological polar surface area (TPSA) is 28.2 Å². The minimum absolute atomic E-state index is 0.513. The highest BCUT2D eigenvalue weighted by molar-refractivity contribution is 7.09. The number of aromatic nitrogens is 1. The average Bonchev–Trinajstić information content (AvgIpc) is 2.93. The van der Waals surface area contributed by atoms with Crippen molar-refractivity contribution in [3.8, 4) is 0 Å². The fourth-order valence-corrected chi connectivity index (χ4v) is 3.59. The van der Waals surface area contributed by atoms with Crippen molar-refractivity contribution in [2.45, 2.75) is 45.7 Å². The van der Waals surface area contributed by atoms with Crippen molar-refractivity contribution >= 4 is 11.3 Å². The summed E-state index contributed by atoms with van der Waals surface area (Å²) in [5.74, 6) is 0.751. The minimum Gasteiger partial charge on any atom is -0.311 e. The Balaban J connectivity index is 2.03. The summed E-state index contributed by atoms with van der Waals surface area (Å²) < 4.78 is 0. The number of thiazole rings is 1. The maximum Gasteiger partial charge on any atom is 0.110 e. The standard InChI is InChI=1S/C14H25N3S/c1-4-11(3)12-10-17(8-6-15-12)13(5-2)14-16-7-9-18-14/h7,9,11-13,15H,4-6,8,10H2,1-3H3. The second-order valence-corrected chi connectivity index (χ2v) is 6.16. The highest BCUT2D eigenvalue weighted by Crippen LogP contribution is 2.27. The van der Waals surface area contributed by atoms with Gasteiger partial charge in [0.1, 0.15) is 5.01 Å². The molecule has 102 valence electrons. The zero-order chi connectivity index (χ0) is 13.0. The Morgan fingerprint density at radius 1 is 1.50 bits per heavy atom. The van der Waals surface area contributed by atoms with Crippen molar-refractivity contribution < 1.29 is 0 Å². The van der Waals surface area contributed by atoms with Crippen LogP contribution in [0.2, 0.25) is 0 Å². The summed E-state index contributed by atoms with van der Waals surface area (Å²) in [5.41, 5.74) is 0. The Bertz CT molecular complexity index is 339. The summed E-state index contributed by atoms with van der Waals surface area (Å²) in [4.78, 5) is 7.13. The van der Waals surface area contributed by atoms with E-state index in [1.807, 2.05) is 6.20 Å². The van der Waals surface area contributed by atoms with Crippen LogP contribution in [0.4, 0.5) is 0 Å². The first kappa shape index (κ1) is 14.0. The van der Waals surface area contributed by atoms with Crippen molar-refractivity contribution in [1.82, 2.24) is 15.2 Å². The number of hydrogen-bond donors (Lipinski definition) is 1. The maximum atomic E-state index is 4.51. The predicted molar refractivity (Wildman–Crippen MR) is 78.0 cm³/mol. The van der Waals surface area contributed by atoms with Crippen LogP contribution in [0.1, 0.15) is 44.7 Å². The van der Waals surface area contributed by atoms with Gasteiger partial charge in [-0.3, -0.25) is 4.90 Å². The van der Waals surface area contributed by atoms with E-state index < -0.39 is 0 Å². The number of piperazine rings is 1. The van der Waals surface area contributed by atoms with Gasteiger partial charge in [-0.1, -0.05) is 27.2 Å². The van der Waals surface area contributed by atoms with Crippen LogP contribution in [0.15, 0.2) is 11.6 Å². The number of nitrogens with one attached hydrogen (secondary N) is 1. The van der Waals surface area contributed by atoms with Gasteiger partial charge in [0.15, 0.2) is 0 Å². The van der Waals surface area contributed by atoms with E-state index in [-0.39, 0.29) is 0 Å². The van der Waals surface area contributed by atoms with Crippen molar-refractivity contribution in [3.05, 3.63) is 16.6 Å². The van der Waals surface area contributed by atoms with E-state index in [0.717, 1.165) is 32.0 Å². The van der Waals surface area contributed by atoms with E-state index >= 15 is 0 Å². The molecule has 0 saturated carbocycles. The van der Waals surface area contributed by atoms with E-state index in [9.17, 15) is 0 Å². The molecular weight excluding hydrogens is 242 g/mol. The molecule has 1 aliphatic heterocycles. The third-order valence-electron chi connectivity index (χ3n) is 4.13. The van der Waals surface area contributed by atoms with E-state index in [4.69, 9.17) is 0 Å². The Labute approximate surface area is 115 Å². The molecule has 0 amide bonds. The Morgan fingerprint density at radius 3 is 2.94 bits per heavy atom. The molecule has 0 aliphatic carbocycles. The molecule has 1 aliphatic rings. The molecule has 4 heteroatoms. The van der Waals surface area contributed by atoms with Crippen molar-refractivity contribution in [3.63, 3.8) is 0 Å². The summed E-state index contributed by atoms with van der Waals surface area (Å²) >= 11 is 1.79. The van der Waals surface area contributed by atoms with Gasteiger partial charge in [-0.2, -0.15) is 0 Å². The zero-order valence-corrected chi connectivity index (χ0v) is 12.5. The lowest BCUT2D eigenvalue weighted by Gasteiger charge is -2.40. The van der Waals surface area contributed by atoms with E-state index in [1.54, 1.807) is 11.3 Å².